The van der Waals surface area contributed by atoms with Gasteiger partial charge in [0, 0.05) is 17.2 Å². The van der Waals surface area contributed by atoms with Crippen LogP contribution in [0, 0.1) is 16.7 Å². The maximum atomic E-state index is 11.6. The van der Waals surface area contributed by atoms with Crippen LogP contribution >= 0.6 is 12.2 Å². The van der Waals surface area contributed by atoms with E-state index in [1.165, 1.54) is 6.42 Å². The third kappa shape index (κ3) is 2.38. The second-order valence-corrected chi connectivity index (χ2v) is 6.68. The van der Waals surface area contributed by atoms with Gasteiger partial charge in [-0.15, -0.1) is 0 Å². The molecule has 2 aliphatic carbocycles. The fraction of sp³-hybridized carbons (Fsp3) is 0.529. The van der Waals surface area contributed by atoms with E-state index in [0.29, 0.717) is 11.7 Å². The Morgan fingerprint density at radius 2 is 1.84 bits per heavy atom. The Labute approximate surface area is 121 Å². The van der Waals surface area contributed by atoms with E-state index in [0.717, 1.165) is 18.4 Å². The smallest absolute Gasteiger partial charge is 0.139 e. The van der Waals surface area contributed by atoms with Gasteiger partial charge in [-0.25, -0.2) is 0 Å². The molecule has 2 heteroatoms. The van der Waals surface area contributed by atoms with E-state index in [9.17, 15) is 4.79 Å². The summed E-state index contributed by atoms with van der Waals surface area (Å²) in [6, 6.07) is 9.87. The molecule has 0 radical (unpaired) electrons. The van der Waals surface area contributed by atoms with Crippen molar-refractivity contribution in [3.63, 3.8) is 0 Å². The Balaban J connectivity index is 0.000000148. The van der Waals surface area contributed by atoms with Crippen molar-refractivity contribution in [2.75, 3.05) is 0 Å². The highest BCUT2D eigenvalue weighted by Gasteiger charge is 2.61. The van der Waals surface area contributed by atoms with Gasteiger partial charge < -0.3 is 0 Å². The number of thiocarbonyl (C=S) groups is 1. The molecule has 0 spiro atoms. The number of hydrogen-bond acceptors (Lipinski definition) is 2. The third-order valence-electron chi connectivity index (χ3n) is 5.42. The zero-order chi connectivity index (χ0) is 14.1. The number of benzene rings is 1. The Morgan fingerprint density at radius 1 is 1.21 bits per heavy atom. The fourth-order valence-electron chi connectivity index (χ4n) is 3.43. The number of fused-ring (bicyclic) bond motifs is 2. The number of rotatable bonds is 1. The average molecular weight is 274 g/mol. The lowest BCUT2D eigenvalue weighted by molar-refractivity contribution is -0.128. The van der Waals surface area contributed by atoms with Gasteiger partial charge in [-0.05, 0) is 29.7 Å². The first-order valence-corrected chi connectivity index (χ1v) is 7.42. The summed E-state index contributed by atoms with van der Waals surface area (Å²) in [5, 5.41) is 1.67. The fourth-order valence-corrected chi connectivity index (χ4v) is 3.59. The van der Waals surface area contributed by atoms with Crippen LogP contribution < -0.4 is 0 Å². The van der Waals surface area contributed by atoms with Gasteiger partial charge in [-0.3, -0.25) is 4.79 Å². The number of Topliss-reactive ketones (excluding diaryl/α,β-unsaturated/α-hetero) is 1. The standard InChI is InChI=1S/C10H16O.C7H6S/c1-9(2)7-4-5-10(9,3)8(11)6-7;8-6-7-4-2-1-3-5-7/h7H,4-6H2,1-3H3;1-6H. The van der Waals surface area contributed by atoms with Crippen LogP contribution in [0.15, 0.2) is 30.3 Å². The van der Waals surface area contributed by atoms with Gasteiger partial charge >= 0.3 is 0 Å². The summed E-state index contributed by atoms with van der Waals surface area (Å²) in [6.45, 7) is 6.67. The van der Waals surface area contributed by atoms with Crippen LogP contribution in [-0.2, 0) is 4.79 Å². The normalized spacial score (nSPS) is 30.7. The van der Waals surface area contributed by atoms with E-state index in [1.807, 2.05) is 30.3 Å². The summed E-state index contributed by atoms with van der Waals surface area (Å²) >= 11 is 4.69. The molecule has 2 bridgehead atoms. The molecule has 0 aliphatic heterocycles. The highest BCUT2D eigenvalue weighted by molar-refractivity contribution is 7.79. The molecule has 2 atom stereocenters. The highest BCUT2D eigenvalue weighted by Crippen LogP contribution is 2.63. The molecule has 2 fully saturated rings. The lowest BCUT2D eigenvalue weighted by atomic mass is 9.70. The first kappa shape index (κ1) is 14.4. The van der Waals surface area contributed by atoms with Crippen molar-refractivity contribution >= 4 is 23.4 Å². The molecule has 1 nitrogen and oxygen atoms in total. The molecule has 0 saturated heterocycles. The summed E-state index contributed by atoms with van der Waals surface area (Å²) in [7, 11) is 0. The molecule has 3 rings (SSSR count). The number of carbonyl (C=O) groups is 1. The first-order valence-electron chi connectivity index (χ1n) is 6.95. The molecule has 0 aromatic heterocycles. The van der Waals surface area contributed by atoms with Gasteiger partial charge in [-0.1, -0.05) is 63.3 Å². The maximum absolute atomic E-state index is 11.6. The van der Waals surface area contributed by atoms with Crippen LogP contribution in [-0.4, -0.2) is 11.2 Å². The second kappa shape index (κ2) is 5.16. The largest absolute Gasteiger partial charge is 0.299 e. The van der Waals surface area contributed by atoms with Crippen LogP contribution in [0.2, 0.25) is 0 Å². The van der Waals surface area contributed by atoms with E-state index in [4.69, 9.17) is 12.2 Å². The molecule has 1 aromatic carbocycles. The minimum absolute atomic E-state index is 0.0255. The molecule has 102 valence electrons. The maximum Gasteiger partial charge on any atom is 0.139 e. The van der Waals surface area contributed by atoms with Crippen LogP contribution in [0.5, 0.6) is 0 Å². The molecule has 2 unspecified atom stereocenters. The van der Waals surface area contributed by atoms with E-state index in [2.05, 4.69) is 20.8 Å². The first-order chi connectivity index (χ1) is 8.91. The minimum atomic E-state index is 0.0255. The second-order valence-electron chi connectivity index (χ2n) is 6.45. The van der Waals surface area contributed by atoms with Gasteiger partial charge in [0.15, 0.2) is 0 Å². The average Bonchev–Trinajstić information content (AvgIpc) is 2.73. The lowest BCUT2D eigenvalue weighted by Gasteiger charge is -2.32. The minimum Gasteiger partial charge on any atom is -0.299 e. The summed E-state index contributed by atoms with van der Waals surface area (Å²) < 4.78 is 0. The van der Waals surface area contributed by atoms with E-state index < -0.39 is 0 Å². The van der Waals surface area contributed by atoms with E-state index in [1.54, 1.807) is 5.37 Å². The summed E-state index contributed by atoms with van der Waals surface area (Å²) in [5.41, 5.74) is 1.41. The summed E-state index contributed by atoms with van der Waals surface area (Å²) in [4.78, 5) is 11.6. The Hall–Kier alpha value is -1.02. The van der Waals surface area contributed by atoms with Gasteiger partial charge in [0.25, 0.3) is 0 Å². The zero-order valence-corrected chi connectivity index (χ0v) is 12.8. The molecule has 2 aliphatic rings. The Kier molecular flexibility index (Phi) is 3.91. The molecule has 0 amide bonds. The number of ketones is 1. The quantitative estimate of drug-likeness (QED) is 0.704. The summed E-state index contributed by atoms with van der Waals surface area (Å²) in [6.07, 6.45) is 3.25. The molecule has 1 aromatic rings. The molecule has 19 heavy (non-hydrogen) atoms. The van der Waals surface area contributed by atoms with E-state index >= 15 is 0 Å². The van der Waals surface area contributed by atoms with Crippen LogP contribution in [0.25, 0.3) is 0 Å². The number of carbonyl (C=O) groups excluding carboxylic acids is 1. The SMILES string of the molecule is CC12CCC(CC1=O)C2(C)C.S=Cc1ccccc1. The van der Waals surface area contributed by atoms with Crippen molar-refractivity contribution in [1.82, 2.24) is 0 Å². The van der Waals surface area contributed by atoms with Crippen molar-refractivity contribution in [2.45, 2.75) is 40.0 Å². The van der Waals surface area contributed by atoms with Crippen molar-refractivity contribution in [3.05, 3.63) is 35.9 Å². The van der Waals surface area contributed by atoms with Crippen LogP contribution in [0.4, 0.5) is 0 Å². The lowest BCUT2D eigenvalue weighted by Crippen LogP contribution is -2.32. The van der Waals surface area contributed by atoms with Gasteiger partial charge in [0.1, 0.15) is 5.78 Å². The van der Waals surface area contributed by atoms with Crippen LogP contribution in [0.3, 0.4) is 0 Å². The number of hydrogen-bond donors (Lipinski definition) is 0. The Bertz CT molecular complexity index is 477. The molecular weight excluding hydrogens is 252 g/mol. The van der Waals surface area contributed by atoms with Crippen molar-refractivity contribution in [2.24, 2.45) is 16.7 Å². The monoisotopic (exact) mass is 274 g/mol. The Morgan fingerprint density at radius 3 is 2.11 bits per heavy atom. The summed E-state index contributed by atoms with van der Waals surface area (Å²) in [5.74, 6) is 1.19. The van der Waals surface area contributed by atoms with Crippen LogP contribution in [0.1, 0.15) is 45.6 Å². The van der Waals surface area contributed by atoms with Crippen molar-refractivity contribution in [1.29, 1.82) is 0 Å². The van der Waals surface area contributed by atoms with Crippen molar-refractivity contribution in [3.8, 4) is 0 Å². The van der Waals surface area contributed by atoms with Crippen molar-refractivity contribution < 1.29 is 4.79 Å². The molecule has 0 heterocycles. The molecule has 0 N–H and O–H groups in total. The van der Waals surface area contributed by atoms with Gasteiger partial charge in [0.2, 0.25) is 0 Å². The topological polar surface area (TPSA) is 17.1 Å². The highest BCUT2D eigenvalue weighted by atomic mass is 32.1. The predicted molar refractivity (Wildman–Crippen MR) is 83.4 cm³/mol. The molecule has 2 saturated carbocycles. The third-order valence-corrected chi connectivity index (χ3v) is 5.69. The zero-order valence-electron chi connectivity index (χ0n) is 12.0. The van der Waals surface area contributed by atoms with E-state index in [-0.39, 0.29) is 10.8 Å². The van der Waals surface area contributed by atoms with Gasteiger partial charge in [0.05, 0.1) is 0 Å². The predicted octanol–water partition coefficient (Wildman–Crippen LogP) is 4.44. The molecular formula is C17H22OS. The van der Waals surface area contributed by atoms with Gasteiger partial charge in [-0.2, -0.15) is 0 Å².